The van der Waals surface area contributed by atoms with Crippen LogP contribution < -0.4 is 5.32 Å². The fraction of sp³-hybridized carbons (Fsp3) is 0.500. The quantitative estimate of drug-likeness (QED) is 0.650. The number of hydrogen-bond acceptors (Lipinski definition) is 4. The molecule has 0 aromatic heterocycles. The minimum absolute atomic E-state index is 0.0966. The highest BCUT2D eigenvalue weighted by Crippen LogP contribution is 2.25. The van der Waals surface area contributed by atoms with Gasteiger partial charge in [-0.3, -0.25) is 14.9 Å². The normalized spacial score (nSPS) is 18.7. The van der Waals surface area contributed by atoms with Gasteiger partial charge in [-0.05, 0) is 53.5 Å². The Kier molecular flexibility index (Phi) is 5.30. The van der Waals surface area contributed by atoms with Crippen molar-refractivity contribution in [3.63, 3.8) is 0 Å². The van der Waals surface area contributed by atoms with E-state index in [1.165, 1.54) is 12.1 Å². The van der Waals surface area contributed by atoms with Crippen molar-refractivity contribution in [3.8, 4) is 0 Å². The second kappa shape index (κ2) is 7.00. The van der Waals surface area contributed by atoms with E-state index in [-0.39, 0.29) is 11.6 Å². The molecule has 0 aliphatic carbocycles. The van der Waals surface area contributed by atoms with Gasteiger partial charge in [0.1, 0.15) is 0 Å². The topological polar surface area (TPSA) is 75.5 Å². The van der Waals surface area contributed by atoms with Crippen LogP contribution in [0.25, 0.3) is 0 Å². The van der Waals surface area contributed by atoms with Gasteiger partial charge in [0.05, 0.1) is 9.40 Å². The van der Waals surface area contributed by atoms with Crippen LogP contribution in [0.15, 0.2) is 22.7 Å². The Hall–Kier alpha value is -1.47. The highest BCUT2D eigenvalue weighted by Gasteiger charge is 2.22. The standard InChI is InChI=1S/C14H18BrN3O3/c1-2-17-6-5-10(9-17)8-16-14(19)11-3-4-12(15)13(7-11)18(20)21/h3-4,7,10H,2,5-6,8-9H2,1H3,(H,16,19). The molecular weight excluding hydrogens is 338 g/mol. The molecule has 1 aliphatic heterocycles. The molecule has 1 fully saturated rings. The largest absolute Gasteiger partial charge is 0.352 e. The van der Waals surface area contributed by atoms with Crippen LogP contribution in [0.2, 0.25) is 0 Å². The van der Waals surface area contributed by atoms with E-state index in [1.54, 1.807) is 6.07 Å². The summed E-state index contributed by atoms with van der Waals surface area (Å²) in [4.78, 5) is 24.8. The molecule has 1 aliphatic rings. The van der Waals surface area contributed by atoms with Crippen LogP contribution in [0.3, 0.4) is 0 Å². The predicted octanol–water partition coefficient (Wildman–Crippen LogP) is 2.43. The Morgan fingerprint density at radius 3 is 2.95 bits per heavy atom. The Balaban J connectivity index is 1.95. The monoisotopic (exact) mass is 355 g/mol. The van der Waals surface area contributed by atoms with E-state index in [4.69, 9.17) is 0 Å². The predicted molar refractivity (Wildman–Crippen MR) is 83.4 cm³/mol. The van der Waals surface area contributed by atoms with Gasteiger partial charge in [0.25, 0.3) is 11.6 Å². The van der Waals surface area contributed by atoms with Crippen LogP contribution in [-0.4, -0.2) is 41.9 Å². The van der Waals surface area contributed by atoms with Gasteiger partial charge in [-0.1, -0.05) is 6.92 Å². The number of carbonyl (C=O) groups is 1. The molecule has 7 heteroatoms. The maximum atomic E-state index is 12.1. The fourth-order valence-electron chi connectivity index (χ4n) is 2.50. The zero-order valence-electron chi connectivity index (χ0n) is 11.8. The van der Waals surface area contributed by atoms with E-state index in [9.17, 15) is 14.9 Å². The van der Waals surface area contributed by atoms with E-state index < -0.39 is 4.92 Å². The van der Waals surface area contributed by atoms with Crippen molar-refractivity contribution >= 4 is 27.5 Å². The number of amides is 1. The first-order valence-corrected chi connectivity index (χ1v) is 7.75. The highest BCUT2D eigenvalue weighted by atomic mass is 79.9. The van der Waals surface area contributed by atoms with Crippen molar-refractivity contribution in [2.24, 2.45) is 5.92 Å². The Bertz CT molecular complexity index is 550. The van der Waals surface area contributed by atoms with Gasteiger partial charge in [-0.2, -0.15) is 0 Å². The second-order valence-electron chi connectivity index (χ2n) is 5.18. The van der Waals surface area contributed by atoms with Gasteiger partial charge in [-0.25, -0.2) is 0 Å². The maximum absolute atomic E-state index is 12.1. The van der Waals surface area contributed by atoms with Crippen molar-refractivity contribution in [2.75, 3.05) is 26.2 Å². The van der Waals surface area contributed by atoms with Crippen molar-refractivity contribution < 1.29 is 9.72 Å². The van der Waals surface area contributed by atoms with Crippen LogP contribution in [0.1, 0.15) is 23.7 Å². The van der Waals surface area contributed by atoms with Crippen LogP contribution >= 0.6 is 15.9 Å². The molecule has 1 aromatic carbocycles. The van der Waals surface area contributed by atoms with Gasteiger partial charge < -0.3 is 10.2 Å². The fourth-order valence-corrected chi connectivity index (χ4v) is 2.89. The minimum Gasteiger partial charge on any atom is -0.352 e. The van der Waals surface area contributed by atoms with Crippen LogP contribution in [0.5, 0.6) is 0 Å². The van der Waals surface area contributed by atoms with Gasteiger partial charge in [-0.15, -0.1) is 0 Å². The number of nitro groups is 1. The smallest absolute Gasteiger partial charge is 0.284 e. The van der Waals surface area contributed by atoms with Gasteiger partial charge in [0, 0.05) is 24.7 Å². The summed E-state index contributed by atoms with van der Waals surface area (Å²) in [5, 5.41) is 13.7. The van der Waals surface area contributed by atoms with Crippen molar-refractivity contribution in [1.29, 1.82) is 0 Å². The molecule has 1 saturated heterocycles. The van der Waals surface area contributed by atoms with Crippen LogP contribution in [0, 0.1) is 16.0 Å². The summed E-state index contributed by atoms with van der Waals surface area (Å²) in [6, 6.07) is 4.41. The first-order chi connectivity index (χ1) is 10.0. The molecular formula is C14H18BrN3O3. The zero-order valence-corrected chi connectivity index (χ0v) is 13.4. The molecule has 2 rings (SSSR count). The van der Waals surface area contributed by atoms with Gasteiger partial charge in [0.2, 0.25) is 0 Å². The number of benzene rings is 1. The lowest BCUT2D eigenvalue weighted by atomic mass is 10.1. The average Bonchev–Trinajstić information content (AvgIpc) is 2.93. The number of nitrogens with zero attached hydrogens (tertiary/aromatic N) is 2. The van der Waals surface area contributed by atoms with Crippen LogP contribution in [-0.2, 0) is 0 Å². The lowest BCUT2D eigenvalue weighted by molar-refractivity contribution is -0.385. The SMILES string of the molecule is CCN1CCC(CNC(=O)c2ccc(Br)c([N+](=O)[O-])c2)C1. The number of halogens is 1. The zero-order chi connectivity index (χ0) is 15.4. The number of nitrogens with one attached hydrogen (secondary N) is 1. The molecule has 6 nitrogen and oxygen atoms in total. The molecule has 0 radical (unpaired) electrons. The first kappa shape index (κ1) is 15.9. The molecule has 1 atom stereocenters. The third kappa shape index (κ3) is 4.01. The van der Waals surface area contributed by atoms with E-state index in [0.29, 0.717) is 22.5 Å². The Morgan fingerprint density at radius 1 is 1.57 bits per heavy atom. The summed E-state index contributed by atoms with van der Waals surface area (Å²) in [7, 11) is 0. The molecule has 1 aromatic rings. The van der Waals surface area contributed by atoms with E-state index in [2.05, 4.69) is 33.1 Å². The first-order valence-electron chi connectivity index (χ1n) is 6.95. The summed E-state index contributed by atoms with van der Waals surface area (Å²) >= 11 is 3.11. The molecule has 1 amide bonds. The van der Waals surface area contributed by atoms with Crippen molar-refractivity contribution in [3.05, 3.63) is 38.3 Å². The lowest BCUT2D eigenvalue weighted by Gasteiger charge is -2.13. The molecule has 114 valence electrons. The van der Waals surface area contributed by atoms with Crippen molar-refractivity contribution in [2.45, 2.75) is 13.3 Å². The van der Waals surface area contributed by atoms with Crippen molar-refractivity contribution in [1.82, 2.24) is 10.2 Å². The Labute approximate surface area is 131 Å². The van der Waals surface area contributed by atoms with E-state index in [0.717, 1.165) is 26.1 Å². The maximum Gasteiger partial charge on any atom is 0.284 e. The molecule has 0 saturated carbocycles. The number of hydrogen-bond donors (Lipinski definition) is 1. The third-order valence-corrected chi connectivity index (χ3v) is 4.44. The molecule has 1 unspecified atom stereocenters. The number of carbonyl (C=O) groups excluding carboxylic acids is 1. The molecule has 21 heavy (non-hydrogen) atoms. The molecule has 0 spiro atoms. The average molecular weight is 356 g/mol. The molecule has 1 heterocycles. The molecule has 1 N–H and O–H groups in total. The second-order valence-corrected chi connectivity index (χ2v) is 6.04. The minimum atomic E-state index is -0.503. The van der Waals surface area contributed by atoms with E-state index in [1.807, 2.05) is 0 Å². The summed E-state index contributed by atoms with van der Waals surface area (Å²) in [5.41, 5.74) is 0.218. The number of likely N-dealkylation sites (tertiary alicyclic amines) is 1. The summed E-state index contributed by atoms with van der Waals surface area (Å²) in [6.07, 6.45) is 1.08. The number of nitro benzene ring substituents is 1. The molecule has 0 bridgehead atoms. The third-order valence-electron chi connectivity index (χ3n) is 3.77. The highest BCUT2D eigenvalue weighted by molar-refractivity contribution is 9.10. The summed E-state index contributed by atoms with van der Waals surface area (Å²) < 4.78 is 0.374. The number of rotatable bonds is 5. The van der Waals surface area contributed by atoms with Crippen LogP contribution in [0.4, 0.5) is 5.69 Å². The Morgan fingerprint density at radius 2 is 2.33 bits per heavy atom. The van der Waals surface area contributed by atoms with Gasteiger partial charge in [0.15, 0.2) is 0 Å². The summed E-state index contributed by atoms with van der Waals surface area (Å²) in [6.45, 7) is 5.84. The van der Waals surface area contributed by atoms with Gasteiger partial charge >= 0.3 is 0 Å². The lowest BCUT2D eigenvalue weighted by Crippen LogP contribution is -2.31. The van der Waals surface area contributed by atoms with E-state index >= 15 is 0 Å². The summed E-state index contributed by atoms with van der Waals surface area (Å²) in [5.74, 6) is 0.194.